The first-order chi connectivity index (χ1) is 11.4. The van der Waals surface area contributed by atoms with E-state index in [2.05, 4.69) is 18.7 Å². The average molecular weight is 326 g/mol. The lowest BCUT2D eigenvalue weighted by Gasteiger charge is -2.32. The van der Waals surface area contributed by atoms with Crippen LogP contribution in [0.5, 0.6) is 0 Å². The highest BCUT2D eigenvalue weighted by Gasteiger charge is 2.41. The SMILES string of the molecule is CCN1C(=O)C(c2ccc(C)c(C)c2)=C(N2CCC(C)CC2)C1=O. The number of rotatable bonds is 3. The lowest BCUT2D eigenvalue weighted by atomic mass is 9.96. The van der Waals surface area contributed by atoms with Crippen molar-refractivity contribution >= 4 is 17.4 Å². The van der Waals surface area contributed by atoms with Gasteiger partial charge in [0.1, 0.15) is 5.70 Å². The molecule has 0 aliphatic carbocycles. The summed E-state index contributed by atoms with van der Waals surface area (Å²) in [5.41, 5.74) is 4.39. The van der Waals surface area contributed by atoms with E-state index in [4.69, 9.17) is 0 Å². The fourth-order valence-corrected chi connectivity index (χ4v) is 3.53. The number of carbonyl (C=O) groups excluding carboxylic acids is 2. The Morgan fingerprint density at radius 2 is 1.71 bits per heavy atom. The van der Waals surface area contributed by atoms with Crippen LogP contribution in [0.15, 0.2) is 23.9 Å². The van der Waals surface area contributed by atoms with Gasteiger partial charge in [0, 0.05) is 19.6 Å². The Kier molecular flexibility index (Phi) is 4.48. The summed E-state index contributed by atoms with van der Waals surface area (Å²) in [6.07, 6.45) is 2.13. The van der Waals surface area contributed by atoms with Crippen LogP contribution in [0, 0.1) is 19.8 Å². The molecule has 1 aromatic carbocycles. The summed E-state index contributed by atoms with van der Waals surface area (Å²) in [6.45, 7) is 10.3. The molecule has 2 amide bonds. The molecule has 0 bridgehead atoms. The zero-order chi connectivity index (χ0) is 17.4. The molecule has 0 N–H and O–H groups in total. The molecule has 0 radical (unpaired) electrons. The molecule has 4 nitrogen and oxygen atoms in total. The number of hydrogen-bond donors (Lipinski definition) is 0. The van der Waals surface area contributed by atoms with Gasteiger partial charge in [-0.3, -0.25) is 14.5 Å². The summed E-state index contributed by atoms with van der Waals surface area (Å²) in [7, 11) is 0. The molecule has 1 aromatic rings. The van der Waals surface area contributed by atoms with Gasteiger partial charge in [-0.25, -0.2) is 0 Å². The molecule has 1 saturated heterocycles. The van der Waals surface area contributed by atoms with Gasteiger partial charge in [0.05, 0.1) is 5.57 Å². The van der Waals surface area contributed by atoms with Gasteiger partial charge in [-0.15, -0.1) is 0 Å². The second-order valence-corrected chi connectivity index (χ2v) is 7.05. The molecule has 24 heavy (non-hydrogen) atoms. The van der Waals surface area contributed by atoms with Crippen LogP contribution in [0.3, 0.4) is 0 Å². The van der Waals surface area contributed by atoms with Crippen molar-refractivity contribution in [2.45, 2.75) is 40.5 Å². The van der Waals surface area contributed by atoms with Crippen molar-refractivity contribution < 1.29 is 9.59 Å². The molecule has 4 heteroatoms. The third kappa shape index (κ3) is 2.74. The predicted octanol–water partition coefficient (Wildman–Crippen LogP) is 3.14. The number of likely N-dealkylation sites (N-methyl/N-ethyl adjacent to an activating group) is 1. The summed E-state index contributed by atoms with van der Waals surface area (Å²) in [5, 5.41) is 0. The Hall–Kier alpha value is -2.10. The first-order valence-corrected chi connectivity index (χ1v) is 8.87. The number of hydrogen-bond acceptors (Lipinski definition) is 3. The van der Waals surface area contributed by atoms with E-state index in [9.17, 15) is 9.59 Å². The van der Waals surface area contributed by atoms with Crippen molar-refractivity contribution in [2.24, 2.45) is 5.92 Å². The van der Waals surface area contributed by atoms with Crippen molar-refractivity contribution in [3.05, 3.63) is 40.6 Å². The maximum atomic E-state index is 12.9. The maximum Gasteiger partial charge on any atom is 0.277 e. The van der Waals surface area contributed by atoms with Crippen molar-refractivity contribution in [1.29, 1.82) is 0 Å². The van der Waals surface area contributed by atoms with E-state index in [1.165, 1.54) is 10.5 Å². The number of piperidine rings is 1. The molecular weight excluding hydrogens is 300 g/mol. The van der Waals surface area contributed by atoms with Crippen molar-refractivity contribution in [3.8, 4) is 0 Å². The van der Waals surface area contributed by atoms with Crippen LogP contribution in [-0.4, -0.2) is 41.2 Å². The van der Waals surface area contributed by atoms with Crippen molar-refractivity contribution in [1.82, 2.24) is 9.80 Å². The van der Waals surface area contributed by atoms with Crippen molar-refractivity contribution in [3.63, 3.8) is 0 Å². The van der Waals surface area contributed by atoms with Crippen LogP contribution in [0.4, 0.5) is 0 Å². The van der Waals surface area contributed by atoms with E-state index in [0.29, 0.717) is 23.7 Å². The summed E-state index contributed by atoms with van der Waals surface area (Å²) in [6, 6.07) is 6.02. The van der Waals surface area contributed by atoms with Gasteiger partial charge in [-0.1, -0.05) is 25.1 Å². The van der Waals surface area contributed by atoms with Crippen LogP contribution < -0.4 is 0 Å². The number of aryl methyl sites for hydroxylation is 2. The lowest BCUT2D eigenvalue weighted by Crippen LogP contribution is -2.38. The van der Waals surface area contributed by atoms with E-state index in [-0.39, 0.29) is 11.8 Å². The molecule has 2 heterocycles. The number of amides is 2. The summed E-state index contributed by atoms with van der Waals surface area (Å²) >= 11 is 0. The highest BCUT2D eigenvalue weighted by atomic mass is 16.2. The number of carbonyl (C=O) groups is 2. The average Bonchev–Trinajstić information content (AvgIpc) is 2.81. The van der Waals surface area contributed by atoms with Crippen molar-refractivity contribution in [2.75, 3.05) is 19.6 Å². The van der Waals surface area contributed by atoms with E-state index in [1.807, 2.05) is 32.0 Å². The zero-order valence-corrected chi connectivity index (χ0v) is 15.1. The molecular formula is C20H26N2O2. The molecule has 0 aromatic heterocycles. The molecule has 0 atom stereocenters. The molecule has 1 fully saturated rings. The minimum Gasteiger partial charge on any atom is -0.366 e. The summed E-state index contributed by atoms with van der Waals surface area (Å²) < 4.78 is 0. The third-order valence-electron chi connectivity index (χ3n) is 5.36. The number of benzene rings is 1. The largest absolute Gasteiger partial charge is 0.366 e. The van der Waals surface area contributed by atoms with E-state index >= 15 is 0 Å². The number of imide groups is 1. The summed E-state index contributed by atoms with van der Waals surface area (Å²) in [5.74, 6) is 0.395. The molecule has 0 spiro atoms. The molecule has 2 aliphatic rings. The van der Waals surface area contributed by atoms with E-state index < -0.39 is 0 Å². The Labute approximate surface area is 144 Å². The zero-order valence-electron chi connectivity index (χ0n) is 15.1. The topological polar surface area (TPSA) is 40.6 Å². The van der Waals surface area contributed by atoms with Gasteiger partial charge < -0.3 is 4.90 Å². The third-order valence-corrected chi connectivity index (χ3v) is 5.36. The molecule has 2 aliphatic heterocycles. The maximum absolute atomic E-state index is 12.9. The normalized spacial score (nSPS) is 19.7. The minimum absolute atomic E-state index is 0.134. The van der Waals surface area contributed by atoms with Crippen LogP contribution in [0.25, 0.3) is 5.57 Å². The first kappa shape index (κ1) is 16.7. The number of likely N-dealkylation sites (tertiary alicyclic amines) is 1. The fourth-order valence-electron chi connectivity index (χ4n) is 3.53. The van der Waals surface area contributed by atoms with Gasteiger partial charge >= 0.3 is 0 Å². The van der Waals surface area contributed by atoms with Gasteiger partial charge in [0.15, 0.2) is 0 Å². The van der Waals surface area contributed by atoms with Gasteiger partial charge in [-0.05, 0) is 56.2 Å². The minimum atomic E-state index is -0.153. The van der Waals surface area contributed by atoms with Crippen LogP contribution in [0.2, 0.25) is 0 Å². The van der Waals surface area contributed by atoms with E-state index in [1.54, 1.807) is 0 Å². The fraction of sp³-hybridized carbons (Fsp3) is 0.500. The van der Waals surface area contributed by atoms with Gasteiger partial charge in [-0.2, -0.15) is 0 Å². The quantitative estimate of drug-likeness (QED) is 0.801. The van der Waals surface area contributed by atoms with Crippen LogP contribution in [0.1, 0.15) is 43.4 Å². The smallest absolute Gasteiger partial charge is 0.277 e. The molecule has 3 rings (SSSR count). The van der Waals surface area contributed by atoms with Gasteiger partial charge in [0.2, 0.25) is 0 Å². The Balaban J connectivity index is 2.09. The lowest BCUT2D eigenvalue weighted by molar-refractivity contribution is -0.137. The standard InChI is InChI=1S/C20H26N2O2/c1-5-22-19(23)17(16-7-6-14(3)15(4)12-16)18(20(22)24)21-10-8-13(2)9-11-21/h6-7,12-13H,5,8-11H2,1-4H3. The first-order valence-electron chi connectivity index (χ1n) is 8.87. The number of nitrogens with zero attached hydrogens (tertiary/aromatic N) is 2. The van der Waals surface area contributed by atoms with Gasteiger partial charge in [0.25, 0.3) is 11.8 Å². The van der Waals surface area contributed by atoms with Crippen LogP contribution >= 0.6 is 0 Å². The Morgan fingerprint density at radius 1 is 1.04 bits per heavy atom. The molecule has 128 valence electrons. The monoisotopic (exact) mass is 326 g/mol. The predicted molar refractivity (Wildman–Crippen MR) is 95.2 cm³/mol. The highest BCUT2D eigenvalue weighted by molar-refractivity contribution is 6.35. The molecule has 0 unspecified atom stereocenters. The van der Waals surface area contributed by atoms with E-state index in [0.717, 1.165) is 37.1 Å². The second kappa shape index (κ2) is 6.42. The summed E-state index contributed by atoms with van der Waals surface area (Å²) in [4.78, 5) is 29.2. The Bertz CT molecular complexity index is 712. The highest BCUT2D eigenvalue weighted by Crippen LogP contribution is 2.34. The Morgan fingerprint density at radius 3 is 2.29 bits per heavy atom. The second-order valence-electron chi connectivity index (χ2n) is 7.05. The molecule has 0 saturated carbocycles. The van der Waals surface area contributed by atoms with Crippen LogP contribution in [-0.2, 0) is 9.59 Å².